The van der Waals surface area contributed by atoms with Crippen LogP contribution in [0.3, 0.4) is 0 Å². The maximum atomic E-state index is 11.4. The van der Waals surface area contributed by atoms with Gasteiger partial charge in [-0.25, -0.2) is 0 Å². The lowest BCUT2D eigenvalue weighted by Gasteiger charge is -2.15. The zero-order valence-corrected chi connectivity index (χ0v) is 10.7. The van der Waals surface area contributed by atoms with Crippen molar-refractivity contribution in [1.82, 2.24) is 0 Å². The van der Waals surface area contributed by atoms with Gasteiger partial charge >= 0.3 is 0 Å². The van der Waals surface area contributed by atoms with Gasteiger partial charge in [-0.3, -0.25) is 9.59 Å². The number of amides is 1. The topological polar surface area (TPSA) is 73.9 Å². The van der Waals surface area contributed by atoms with Crippen LogP contribution in [-0.4, -0.2) is 33.0 Å². The van der Waals surface area contributed by atoms with E-state index in [-0.39, 0.29) is 0 Å². The van der Waals surface area contributed by atoms with E-state index in [9.17, 15) is 9.59 Å². The SMILES string of the molecule is COc1cc(OC)c(NC(=O)C(C)=O)c(OC)c1. The van der Waals surface area contributed by atoms with Crippen molar-refractivity contribution < 1.29 is 23.8 Å². The largest absolute Gasteiger partial charge is 0.496 e. The normalized spacial score (nSPS) is 9.56. The molecule has 98 valence electrons. The number of ketones is 1. The van der Waals surface area contributed by atoms with Crippen LogP contribution in [0.1, 0.15) is 6.92 Å². The number of hydrogen-bond acceptors (Lipinski definition) is 5. The van der Waals surface area contributed by atoms with Crippen LogP contribution in [0.5, 0.6) is 17.2 Å². The molecule has 0 aliphatic heterocycles. The van der Waals surface area contributed by atoms with Crippen LogP contribution in [0.25, 0.3) is 0 Å². The third-order valence-electron chi connectivity index (χ3n) is 2.27. The average Bonchev–Trinajstić information content (AvgIpc) is 2.38. The maximum Gasteiger partial charge on any atom is 0.291 e. The number of anilines is 1. The quantitative estimate of drug-likeness (QED) is 0.799. The van der Waals surface area contributed by atoms with Crippen LogP contribution < -0.4 is 19.5 Å². The van der Waals surface area contributed by atoms with Crippen LogP contribution in [0.4, 0.5) is 5.69 Å². The van der Waals surface area contributed by atoms with E-state index in [0.29, 0.717) is 22.9 Å². The molecule has 0 unspecified atom stereocenters. The molecular weight excluding hydrogens is 238 g/mol. The molecule has 0 radical (unpaired) electrons. The van der Waals surface area contributed by atoms with Gasteiger partial charge in [-0.15, -0.1) is 0 Å². The van der Waals surface area contributed by atoms with Crippen LogP contribution in [0.15, 0.2) is 12.1 Å². The summed E-state index contributed by atoms with van der Waals surface area (Å²) < 4.78 is 15.3. The summed E-state index contributed by atoms with van der Waals surface area (Å²) >= 11 is 0. The number of Topliss-reactive ketones (excluding diaryl/α,β-unsaturated/α-hetero) is 1. The van der Waals surface area contributed by atoms with Gasteiger partial charge in [0.15, 0.2) is 0 Å². The van der Waals surface area contributed by atoms with E-state index in [1.54, 1.807) is 12.1 Å². The highest BCUT2D eigenvalue weighted by Gasteiger charge is 2.17. The monoisotopic (exact) mass is 253 g/mol. The number of carbonyl (C=O) groups is 2. The molecule has 0 saturated heterocycles. The van der Waals surface area contributed by atoms with Crippen molar-refractivity contribution in [1.29, 1.82) is 0 Å². The third-order valence-corrected chi connectivity index (χ3v) is 2.27. The van der Waals surface area contributed by atoms with Crippen molar-refractivity contribution in [2.24, 2.45) is 0 Å². The summed E-state index contributed by atoms with van der Waals surface area (Å²) in [6, 6.07) is 3.16. The van der Waals surface area contributed by atoms with E-state index in [1.165, 1.54) is 28.3 Å². The fraction of sp³-hybridized carbons (Fsp3) is 0.333. The van der Waals surface area contributed by atoms with Crippen LogP contribution in [0.2, 0.25) is 0 Å². The molecule has 0 atom stereocenters. The highest BCUT2D eigenvalue weighted by atomic mass is 16.5. The summed E-state index contributed by atoms with van der Waals surface area (Å²) in [4.78, 5) is 22.4. The Balaban J connectivity index is 3.22. The standard InChI is InChI=1S/C12H15NO5/c1-7(14)12(15)13-11-9(17-3)5-8(16-2)6-10(11)18-4/h5-6H,1-4H3,(H,13,15). The minimum Gasteiger partial charge on any atom is -0.496 e. The maximum absolute atomic E-state index is 11.4. The Morgan fingerprint density at radius 3 is 1.83 bits per heavy atom. The molecule has 0 aromatic heterocycles. The predicted molar refractivity (Wildman–Crippen MR) is 65.4 cm³/mol. The Kier molecular flexibility index (Phi) is 4.53. The zero-order valence-electron chi connectivity index (χ0n) is 10.7. The van der Waals surface area contributed by atoms with Crippen molar-refractivity contribution in [3.8, 4) is 17.2 Å². The van der Waals surface area contributed by atoms with Crippen LogP contribution in [0, 0.1) is 0 Å². The Labute approximate surface area is 105 Å². The molecule has 1 rings (SSSR count). The number of methoxy groups -OCH3 is 3. The molecule has 0 saturated carbocycles. The Hall–Kier alpha value is -2.24. The van der Waals surface area contributed by atoms with Crippen LogP contribution >= 0.6 is 0 Å². The summed E-state index contributed by atoms with van der Waals surface area (Å²) in [7, 11) is 4.39. The minimum atomic E-state index is -0.739. The van der Waals surface area contributed by atoms with E-state index in [0.717, 1.165) is 0 Å². The van der Waals surface area contributed by atoms with E-state index in [4.69, 9.17) is 14.2 Å². The van der Waals surface area contributed by atoms with Crippen molar-refractivity contribution >= 4 is 17.4 Å². The van der Waals surface area contributed by atoms with E-state index >= 15 is 0 Å². The number of ether oxygens (including phenoxy) is 3. The molecule has 0 aliphatic rings. The summed E-state index contributed by atoms with van der Waals surface area (Å²) in [5.41, 5.74) is 0.293. The summed E-state index contributed by atoms with van der Waals surface area (Å²) in [5, 5.41) is 2.44. The zero-order chi connectivity index (χ0) is 13.7. The van der Waals surface area contributed by atoms with Gasteiger partial charge in [-0.1, -0.05) is 0 Å². The molecule has 0 heterocycles. The summed E-state index contributed by atoms with van der Waals surface area (Å²) in [6.45, 7) is 1.18. The second kappa shape index (κ2) is 5.90. The second-order valence-electron chi connectivity index (χ2n) is 3.42. The Morgan fingerprint density at radius 2 is 1.50 bits per heavy atom. The van der Waals surface area contributed by atoms with Crippen molar-refractivity contribution in [2.45, 2.75) is 6.92 Å². The van der Waals surface area contributed by atoms with E-state index in [1.807, 2.05) is 0 Å². The van der Waals surface area contributed by atoms with Crippen LogP contribution in [-0.2, 0) is 9.59 Å². The number of carbonyl (C=O) groups excluding carboxylic acids is 2. The first-order valence-electron chi connectivity index (χ1n) is 5.15. The van der Waals surface area contributed by atoms with E-state index in [2.05, 4.69) is 5.32 Å². The fourth-order valence-corrected chi connectivity index (χ4v) is 1.33. The molecule has 6 heteroatoms. The van der Waals surface area contributed by atoms with Gasteiger partial charge in [0, 0.05) is 19.1 Å². The first-order valence-corrected chi connectivity index (χ1v) is 5.15. The number of rotatable bonds is 5. The lowest BCUT2D eigenvalue weighted by Crippen LogP contribution is -2.20. The smallest absolute Gasteiger partial charge is 0.291 e. The molecule has 0 fully saturated rings. The molecule has 6 nitrogen and oxygen atoms in total. The first kappa shape index (κ1) is 13.8. The number of hydrogen-bond donors (Lipinski definition) is 1. The molecule has 1 N–H and O–H groups in total. The number of benzene rings is 1. The highest BCUT2D eigenvalue weighted by molar-refractivity contribution is 6.40. The molecule has 1 aromatic rings. The minimum absolute atomic E-state index is 0.293. The van der Waals surface area contributed by atoms with Crippen molar-refractivity contribution in [3.63, 3.8) is 0 Å². The average molecular weight is 253 g/mol. The fourth-order valence-electron chi connectivity index (χ4n) is 1.33. The molecule has 0 bridgehead atoms. The lowest BCUT2D eigenvalue weighted by atomic mass is 10.2. The molecule has 0 aliphatic carbocycles. The van der Waals surface area contributed by atoms with Gasteiger partial charge in [-0.2, -0.15) is 0 Å². The Bertz CT molecular complexity index is 445. The Morgan fingerprint density at radius 1 is 1.00 bits per heavy atom. The first-order chi connectivity index (χ1) is 8.53. The second-order valence-corrected chi connectivity index (χ2v) is 3.42. The molecule has 1 aromatic carbocycles. The predicted octanol–water partition coefficient (Wildman–Crippen LogP) is 1.24. The lowest BCUT2D eigenvalue weighted by molar-refractivity contribution is -0.133. The summed E-state index contributed by atoms with van der Waals surface area (Å²) in [5.74, 6) is -0.127. The highest BCUT2D eigenvalue weighted by Crippen LogP contribution is 2.38. The molecular formula is C12H15NO5. The van der Waals surface area contributed by atoms with Crippen molar-refractivity contribution in [3.05, 3.63) is 12.1 Å². The molecule has 18 heavy (non-hydrogen) atoms. The van der Waals surface area contributed by atoms with Gasteiger partial charge in [0.2, 0.25) is 5.78 Å². The third kappa shape index (κ3) is 2.91. The summed E-state index contributed by atoms with van der Waals surface area (Å²) in [6.07, 6.45) is 0. The van der Waals surface area contributed by atoms with Crippen molar-refractivity contribution in [2.75, 3.05) is 26.6 Å². The van der Waals surface area contributed by atoms with Gasteiger partial charge < -0.3 is 19.5 Å². The van der Waals surface area contributed by atoms with Gasteiger partial charge in [-0.05, 0) is 0 Å². The van der Waals surface area contributed by atoms with Gasteiger partial charge in [0.25, 0.3) is 5.91 Å². The number of nitrogens with one attached hydrogen (secondary N) is 1. The van der Waals surface area contributed by atoms with Gasteiger partial charge in [0.1, 0.15) is 22.9 Å². The molecule has 0 spiro atoms. The van der Waals surface area contributed by atoms with E-state index < -0.39 is 11.7 Å². The molecule has 1 amide bonds. The van der Waals surface area contributed by atoms with Gasteiger partial charge in [0.05, 0.1) is 21.3 Å².